The van der Waals surface area contributed by atoms with Crippen LogP contribution in [0.4, 0.5) is 4.39 Å². The van der Waals surface area contributed by atoms with E-state index in [0.717, 1.165) is 18.4 Å². The summed E-state index contributed by atoms with van der Waals surface area (Å²) in [5.74, 6) is -0.772. The summed E-state index contributed by atoms with van der Waals surface area (Å²) < 4.78 is 24.2. The molecule has 1 unspecified atom stereocenters. The molecular formula is C28H26FNO5. The average Bonchev–Trinajstić information content (AvgIpc) is 3.13. The van der Waals surface area contributed by atoms with Gasteiger partial charge in [-0.1, -0.05) is 30.7 Å². The first-order chi connectivity index (χ1) is 17.0. The van der Waals surface area contributed by atoms with E-state index >= 15 is 0 Å². The highest BCUT2D eigenvalue weighted by Crippen LogP contribution is 2.28. The fourth-order valence-electron chi connectivity index (χ4n) is 4.11. The summed E-state index contributed by atoms with van der Waals surface area (Å²) in [6.07, 6.45) is 2.16. The van der Waals surface area contributed by atoms with Gasteiger partial charge in [-0.2, -0.15) is 0 Å². The largest absolute Gasteiger partial charge is 0.497 e. The van der Waals surface area contributed by atoms with Crippen molar-refractivity contribution in [2.24, 2.45) is 0 Å². The number of hydrogen-bond acceptors (Lipinski definition) is 5. The standard InChI is InChI=1S/C28H26FNO5/c1-34-22-16-12-19(13-17-22)25(35-28(33)20-10-14-21(29)15-11-20)9-3-2-6-18-30-26(31)23-7-4-5-8-24(23)27(30)32/h4-5,7-8,10-17,25H,2-3,6,9,18H2,1H3. The molecule has 0 saturated carbocycles. The van der Waals surface area contributed by atoms with Crippen LogP contribution in [0.3, 0.4) is 0 Å². The molecule has 3 aromatic carbocycles. The number of hydrogen-bond donors (Lipinski definition) is 0. The third-order valence-electron chi connectivity index (χ3n) is 6.04. The number of imide groups is 1. The molecule has 0 fully saturated rings. The lowest BCUT2D eigenvalue weighted by atomic mass is 10.0. The highest BCUT2D eigenvalue weighted by atomic mass is 19.1. The Hall–Kier alpha value is -4.00. The summed E-state index contributed by atoms with van der Waals surface area (Å²) in [7, 11) is 1.58. The monoisotopic (exact) mass is 475 g/mol. The maximum atomic E-state index is 13.2. The third-order valence-corrected chi connectivity index (χ3v) is 6.04. The smallest absolute Gasteiger partial charge is 0.338 e. The number of rotatable bonds is 10. The number of ether oxygens (including phenoxy) is 2. The van der Waals surface area contributed by atoms with Gasteiger partial charge in [0, 0.05) is 6.54 Å². The zero-order valence-corrected chi connectivity index (χ0v) is 19.4. The summed E-state index contributed by atoms with van der Waals surface area (Å²) in [4.78, 5) is 39.0. The fraction of sp³-hybridized carbons (Fsp3) is 0.250. The molecule has 3 aromatic rings. The van der Waals surface area contributed by atoms with Crippen molar-refractivity contribution < 1.29 is 28.2 Å². The van der Waals surface area contributed by atoms with Crippen LogP contribution in [0.25, 0.3) is 0 Å². The number of unbranched alkanes of at least 4 members (excludes halogenated alkanes) is 2. The molecule has 7 heteroatoms. The van der Waals surface area contributed by atoms with Gasteiger partial charge in [-0.15, -0.1) is 0 Å². The molecule has 0 N–H and O–H groups in total. The van der Waals surface area contributed by atoms with Gasteiger partial charge in [-0.25, -0.2) is 9.18 Å². The Kier molecular flexibility index (Phi) is 7.55. The van der Waals surface area contributed by atoms with E-state index in [2.05, 4.69) is 0 Å². The molecule has 1 atom stereocenters. The van der Waals surface area contributed by atoms with Gasteiger partial charge in [0.05, 0.1) is 23.8 Å². The van der Waals surface area contributed by atoms with E-state index in [1.54, 1.807) is 43.5 Å². The Morgan fingerprint density at radius 2 is 1.49 bits per heavy atom. The zero-order chi connectivity index (χ0) is 24.8. The highest BCUT2D eigenvalue weighted by Gasteiger charge is 2.34. The molecule has 0 saturated heterocycles. The first-order valence-corrected chi connectivity index (χ1v) is 11.5. The van der Waals surface area contributed by atoms with Gasteiger partial charge in [-0.3, -0.25) is 14.5 Å². The Bertz CT molecular complexity index is 1170. The number of amides is 2. The van der Waals surface area contributed by atoms with Gasteiger partial charge in [-0.05, 0) is 73.4 Å². The lowest BCUT2D eigenvalue weighted by Crippen LogP contribution is -2.30. The van der Waals surface area contributed by atoms with Gasteiger partial charge in [0.15, 0.2) is 0 Å². The fourth-order valence-corrected chi connectivity index (χ4v) is 4.11. The Morgan fingerprint density at radius 3 is 2.09 bits per heavy atom. The van der Waals surface area contributed by atoms with Crippen LogP contribution < -0.4 is 4.74 Å². The molecule has 4 rings (SSSR count). The Labute approximate surface area is 203 Å². The molecule has 180 valence electrons. The number of carbonyl (C=O) groups excluding carboxylic acids is 3. The second kappa shape index (κ2) is 11.0. The minimum Gasteiger partial charge on any atom is -0.497 e. The lowest BCUT2D eigenvalue weighted by Gasteiger charge is -2.19. The molecule has 6 nitrogen and oxygen atoms in total. The topological polar surface area (TPSA) is 72.9 Å². The van der Waals surface area contributed by atoms with E-state index in [0.29, 0.717) is 36.3 Å². The second-order valence-electron chi connectivity index (χ2n) is 8.33. The Morgan fingerprint density at radius 1 is 0.857 bits per heavy atom. The van der Waals surface area contributed by atoms with Crippen LogP contribution in [-0.2, 0) is 4.74 Å². The number of fused-ring (bicyclic) bond motifs is 1. The number of benzene rings is 3. The van der Waals surface area contributed by atoms with Crippen molar-refractivity contribution in [1.29, 1.82) is 0 Å². The van der Waals surface area contributed by atoms with Crippen molar-refractivity contribution in [2.75, 3.05) is 13.7 Å². The predicted octanol–water partition coefficient (Wildman–Crippen LogP) is 5.59. The first kappa shape index (κ1) is 24.1. The number of esters is 1. The molecule has 1 heterocycles. The van der Waals surface area contributed by atoms with Crippen LogP contribution in [0, 0.1) is 5.82 Å². The van der Waals surface area contributed by atoms with Crippen LogP contribution in [0.15, 0.2) is 72.8 Å². The molecule has 1 aliphatic rings. The summed E-state index contributed by atoms with van der Waals surface area (Å²) in [6, 6.07) is 19.4. The van der Waals surface area contributed by atoms with Gasteiger partial charge < -0.3 is 9.47 Å². The minimum absolute atomic E-state index is 0.255. The average molecular weight is 476 g/mol. The van der Waals surface area contributed by atoms with Crippen molar-refractivity contribution in [3.05, 3.63) is 101 Å². The molecule has 35 heavy (non-hydrogen) atoms. The molecule has 0 aliphatic carbocycles. The Balaban J connectivity index is 1.34. The quantitative estimate of drug-likeness (QED) is 0.217. The van der Waals surface area contributed by atoms with E-state index in [4.69, 9.17) is 9.47 Å². The molecule has 0 spiro atoms. The maximum Gasteiger partial charge on any atom is 0.338 e. The minimum atomic E-state index is -0.531. The maximum absolute atomic E-state index is 13.2. The predicted molar refractivity (Wildman–Crippen MR) is 128 cm³/mol. The van der Waals surface area contributed by atoms with Gasteiger partial charge >= 0.3 is 5.97 Å². The van der Waals surface area contributed by atoms with Crippen molar-refractivity contribution in [1.82, 2.24) is 4.90 Å². The van der Waals surface area contributed by atoms with Crippen LogP contribution in [0.2, 0.25) is 0 Å². The third kappa shape index (κ3) is 5.57. The van der Waals surface area contributed by atoms with E-state index in [9.17, 15) is 18.8 Å². The normalized spacial score (nSPS) is 13.5. The van der Waals surface area contributed by atoms with E-state index in [1.807, 2.05) is 12.1 Å². The first-order valence-electron chi connectivity index (χ1n) is 11.5. The van der Waals surface area contributed by atoms with Crippen molar-refractivity contribution >= 4 is 17.8 Å². The number of nitrogens with zero attached hydrogens (tertiary/aromatic N) is 1. The molecule has 0 bridgehead atoms. The zero-order valence-electron chi connectivity index (χ0n) is 19.4. The van der Waals surface area contributed by atoms with Crippen LogP contribution in [0.1, 0.15) is 68.4 Å². The molecule has 0 radical (unpaired) electrons. The van der Waals surface area contributed by atoms with E-state index in [-0.39, 0.29) is 17.4 Å². The van der Waals surface area contributed by atoms with Crippen molar-refractivity contribution in [2.45, 2.75) is 31.8 Å². The lowest BCUT2D eigenvalue weighted by molar-refractivity contribution is 0.0269. The van der Waals surface area contributed by atoms with Crippen LogP contribution >= 0.6 is 0 Å². The number of carbonyl (C=O) groups is 3. The van der Waals surface area contributed by atoms with Crippen molar-refractivity contribution in [3.63, 3.8) is 0 Å². The van der Waals surface area contributed by atoms with Crippen molar-refractivity contribution in [3.8, 4) is 5.75 Å². The summed E-state index contributed by atoms with van der Waals surface area (Å²) in [6.45, 7) is 0.342. The van der Waals surface area contributed by atoms with Gasteiger partial charge in [0.25, 0.3) is 11.8 Å². The van der Waals surface area contributed by atoms with Crippen LogP contribution in [0.5, 0.6) is 5.75 Å². The summed E-state index contributed by atoms with van der Waals surface area (Å²) in [5, 5.41) is 0. The van der Waals surface area contributed by atoms with E-state index in [1.165, 1.54) is 29.2 Å². The van der Waals surface area contributed by atoms with E-state index < -0.39 is 17.9 Å². The second-order valence-corrected chi connectivity index (χ2v) is 8.33. The summed E-state index contributed by atoms with van der Waals surface area (Å²) in [5.41, 5.74) is 1.99. The molecular weight excluding hydrogens is 449 g/mol. The highest BCUT2D eigenvalue weighted by molar-refractivity contribution is 6.21. The molecule has 0 aromatic heterocycles. The molecule has 2 amide bonds. The van der Waals surface area contributed by atoms with Gasteiger partial charge in [0.1, 0.15) is 17.7 Å². The van der Waals surface area contributed by atoms with Crippen LogP contribution in [-0.4, -0.2) is 36.3 Å². The summed E-state index contributed by atoms with van der Waals surface area (Å²) >= 11 is 0. The number of halogens is 1. The SMILES string of the molecule is COc1ccc(C(CCCCCN2C(=O)c3ccccc3C2=O)OC(=O)c2ccc(F)cc2)cc1. The number of methoxy groups -OCH3 is 1. The molecule has 1 aliphatic heterocycles. The van der Waals surface area contributed by atoms with Gasteiger partial charge in [0.2, 0.25) is 0 Å².